The average Bonchev–Trinajstić information content (AvgIpc) is 2.79. The number of hydrogen-bond acceptors (Lipinski definition) is 7. The predicted octanol–water partition coefficient (Wildman–Crippen LogP) is 1.66. The maximum absolute atomic E-state index is 13.0. The van der Waals surface area contributed by atoms with Crippen LogP contribution in [0.4, 0.5) is 16.2 Å². The summed E-state index contributed by atoms with van der Waals surface area (Å²) in [5.41, 5.74) is 1.11. The van der Waals surface area contributed by atoms with E-state index in [9.17, 15) is 9.18 Å². The fourth-order valence-electron chi connectivity index (χ4n) is 3.11. The van der Waals surface area contributed by atoms with Crippen LogP contribution >= 0.6 is 0 Å². The van der Waals surface area contributed by atoms with Gasteiger partial charge in [-0.2, -0.15) is 0 Å². The molecule has 1 saturated heterocycles. The molecule has 9 heteroatoms. The molecule has 2 aromatic heterocycles. The van der Waals surface area contributed by atoms with Gasteiger partial charge in [-0.3, -0.25) is 4.79 Å². The second-order valence-corrected chi connectivity index (χ2v) is 6.59. The number of carbonyl (C=O) groups is 1. The van der Waals surface area contributed by atoms with Gasteiger partial charge in [0.1, 0.15) is 23.7 Å². The zero-order valence-electron chi connectivity index (χ0n) is 15.7. The number of nitrogens with one attached hydrogen (secondary N) is 1. The molecule has 4 rings (SSSR count). The number of anilines is 2. The summed E-state index contributed by atoms with van der Waals surface area (Å²) in [5.74, 6) is 0.824. The van der Waals surface area contributed by atoms with Gasteiger partial charge < -0.3 is 15.1 Å². The molecule has 0 spiro atoms. The van der Waals surface area contributed by atoms with Gasteiger partial charge >= 0.3 is 0 Å². The quantitative estimate of drug-likeness (QED) is 0.705. The summed E-state index contributed by atoms with van der Waals surface area (Å²) >= 11 is 0. The second kappa shape index (κ2) is 8.59. The molecule has 29 heavy (non-hydrogen) atoms. The number of nitrogens with zero attached hydrogens (tertiary/aromatic N) is 6. The molecule has 1 fully saturated rings. The van der Waals surface area contributed by atoms with Crippen LogP contribution in [-0.4, -0.2) is 52.0 Å². The molecule has 0 radical (unpaired) electrons. The molecule has 0 unspecified atom stereocenters. The molecule has 3 heterocycles. The summed E-state index contributed by atoms with van der Waals surface area (Å²) in [4.78, 5) is 33.6. The fraction of sp³-hybridized carbons (Fsp3) is 0.250. The lowest BCUT2D eigenvalue weighted by Gasteiger charge is -2.35. The van der Waals surface area contributed by atoms with Crippen molar-refractivity contribution < 1.29 is 9.18 Å². The van der Waals surface area contributed by atoms with Gasteiger partial charge in [-0.05, 0) is 23.8 Å². The van der Waals surface area contributed by atoms with Gasteiger partial charge in [0, 0.05) is 51.2 Å². The molecule has 1 aliphatic rings. The normalized spacial score (nSPS) is 14.0. The zero-order valence-corrected chi connectivity index (χ0v) is 15.7. The van der Waals surface area contributed by atoms with E-state index in [1.54, 1.807) is 36.7 Å². The third-order valence-corrected chi connectivity index (χ3v) is 4.69. The van der Waals surface area contributed by atoms with Gasteiger partial charge in [0.25, 0.3) is 5.91 Å². The highest BCUT2D eigenvalue weighted by molar-refractivity contribution is 5.92. The van der Waals surface area contributed by atoms with Crippen LogP contribution in [0.2, 0.25) is 0 Å². The number of aromatic nitrogens is 4. The highest BCUT2D eigenvalue weighted by Gasteiger charge is 2.20. The summed E-state index contributed by atoms with van der Waals surface area (Å²) in [6, 6.07) is 9.49. The topological polar surface area (TPSA) is 87.1 Å². The van der Waals surface area contributed by atoms with Gasteiger partial charge in [0.2, 0.25) is 5.95 Å². The molecular formula is C20H20FN7O. The fourth-order valence-corrected chi connectivity index (χ4v) is 3.11. The van der Waals surface area contributed by atoms with Crippen molar-refractivity contribution in [2.75, 3.05) is 36.0 Å². The standard InChI is InChI=1S/C20H20FN7O/c21-16-4-2-15(3-5-16)13-24-19(29)17-12-18(26-14-25-17)27-8-10-28(11-9-27)20-22-6-1-7-23-20/h1-7,12,14H,8-11,13H2,(H,24,29). The first kappa shape index (κ1) is 18.7. The minimum atomic E-state index is -0.306. The van der Waals surface area contributed by atoms with Crippen LogP contribution in [0, 0.1) is 5.82 Å². The van der Waals surface area contributed by atoms with Gasteiger partial charge in [0.15, 0.2) is 0 Å². The number of rotatable bonds is 5. The summed E-state index contributed by atoms with van der Waals surface area (Å²) in [6.45, 7) is 3.31. The number of benzene rings is 1. The van der Waals surface area contributed by atoms with Gasteiger partial charge in [-0.15, -0.1) is 0 Å². The number of halogens is 1. The number of piperazine rings is 1. The number of carbonyl (C=O) groups excluding carboxylic acids is 1. The van der Waals surface area contributed by atoms with Gasteiger partial charge in [0.05, 0.1) is 0 Å². The second-order valence-electron chi connectivity index (χ2n) is 6.59. The van der Waals surface area contributed by atoms with Crippen LogP contribution in [0.3, 0.4) is 0 Å². The summed E-state index contributed by atoms with van der Waals surface area (Å²) in [6.07, 6.45) is 4.86. The zero-order chi connectivity index (χ0) is 20.1. The lowest BCUT2D eigenvalue weighted by Crippen LogP contribution is -2.47. The molecule has 8 nitrogen and oxygen atoms in total. The van der Waals surface area contributed by atoms with Crippen LogP contribution < -0.4 is 15.1 Å². The Hall–Kier alpha value is -3.62. The van der Waals surface area contributed by atoms with Crippen molar-refractivity contribution in [2.45, 2.75) is 6.54 Å². The van der Waals surface area contributed by atoms with Crippen LogP contribution in [0.25, 0.3) is 0 Å². The van der Waals surface area contributed by atoms with E-state index in [0.717, 1.165) is 37.7 Å². The molecule has 0 bridgehead atoms. The SMILES string of the molecule is O=C(NCc1ccc(F)cc1)c1cc(N2CCN(c3ncccn3)CC2)ncn1. The molecule has 0 atom stereocenters. The van der Waals surface area contributed by atoms with E-state index in [4.69, 9.17) is 0 Å². The highest BCUT2D eigenvalue weighted by atomic mass is 19.1. The van der Waals surface area contributed by atoms with Crippen molar-refractivity contribution in [1.82, 2.24) is 25.3 Å². The minimum absolute atomic E-state index is 0.297. The molecule has 1 N–H and O–H groups in total. The van der Waals surface area contributed by atoms with E-state index < -0.39 is 0 Å². The Morgan fingerprint density at radius 2 is 1.66 bits per heavy atom. The first-order valence-corrected chi connectivity index (χ1v) is 9.30. The Labute approximate surface area is 167 Å². The van der Waals surface area contributed by atoms with Crippen LogP contribution in [0.1, 0.15) is 16.1 Å². The Morgan fingerprint density at radius 3 is 2.38 bits per heavy atom. The van der Waals surface area contributed by atoms with Crippen molar-refractivity contribution in [3.05, 3.63) is 72.2 Å². The first-order valence-electron chi connectivity index (χ1n) is 9.30. The van der Waals surface area contributed by atoms with Crippen LogP contribution in [0.5, 0.6) is 0 Å². The molecule has 0 aliphatic carbocycles. The predicted molar refractivity (Wildman–Crippen MR) is 106 cm³/mol. The van der Waals surface area contributed by atoms with Gasteiger partial charge in [-0.25, -0.2) is 24.3 Å². The lowest BCUT2D eigenvalue weighted by molar-refractivity contribution is 0.0945. The van der Waals surface area contributed by atoms with Crippen LogP contribution in [-0.2, 0) is 6.54 Å². The van der Waals surface area contributed by atoms with Crippen LogP contribution in [0.15, 0.2) is 55.1 Å². The van der Waals surface area contributed by atoms with E-state index in [1.165, 1.54) is 18.5 Å². The Morgan fingerprint density at radius 1 is 0.966 bits per heavy atom. The average molecular weight is 393 g/mol. The summed E-state index contributed by atoms with van der Waals surface area (Å²) < 4.78 is 13.0. The monoisotopic (exact) mass is 393 g/mol. The largest absolute Gasteiger partial charge is 0.353 e. The molecule has 0 saturated carbocycles. The van der Waals surface area contributed by atoms with Crippen molar-refractivity contribution in [2.24, 2.45) is 0 Å². The maximum Gasteiger partial charge on any atom is 0.270 e. The van der Waals surface area contributed by atoms with E-state index in [2.05, 4.69) is 35.1 Å². The van der Waals surface area contributed by atoms with Gasteiger partial charge in [-0.1, -0.05) is 12.1 Å². The first-order chi connectivity index (χ1) is 14.2. The van der Waals surface area contributed by atoms with Crippen molar-refractivity contribution >= 4 is 17.7 Å². The molecule has 148 valence electrons. The molecule has 1 aliphatic heterocycles. The summed E-state index contributed by atoms with van der Waals surface area (Å²) in [7, 11) is 0. The third kappa shape index (κ3) is 4.63. The lowest BCUT2D eigenvalue weighted by atomic mass is 10.2. The highest BCUT2D eigenvalue weighted by Crippen LogP contribution is 2.16. The van der Waals surface area contributed by atoms with Crippen molar-refractivity contribution in [1.29, 1.82) is 0 Å². The van der Waals surface area contributed by atoms with E-state index in [-0.39, 0.29) is 11.7 Å². The Kier molecular flexibility index (Phi) is 5.55. The number of amides is 1. The molecule has 1 aromatic carbocycles. The van der Waals surface area contributed by atoms with E-state index >= 15 is 0 Å². The van der Waals surface area contributed by atoms with E-state index in [0.29, 0.717) is 18.1 Å². The molecular weight excluding hydrogens is 373 g/mol. The Bertz CT molecular complexity index is 960. The van der Waals surface area contributed by atoms with Crippen molar-refractivity contribution in [3.63, 3.8) is 0 Å². The maximum atomic E-state index is 13.0. The van der Waals surface area contributed by atoms with E-state index in [1.807, 2.05) is 0 Å². The minimum Gasteiger partial charge on any atom is -0.353 e. The number of hydrogen-bond donors (Lipinski definition) is 1. The molecule has 3 aromatic rings. The van der Waals surface area contributed by atoms with Crippen molar-refractivity contribution in [3.8, 4) is 0 Å². The Balaban J connectivity index is 1.36. The molecule has 1 amide bonds. The third-order valence-electron chi connectivity index (χ3n) is 4.69. The summed E-state index contributed by atoms with van der Waals surface area (Å²) in [5, 5.41) is 2.80. The smallest absolute Gasteiger partial charge is 0.270 e.